The fraction of sp³-hybridized carbons (Fsp3) is 0.500. The first-order chi connectivity index (χ1) is 11.7. The maximum atomic E-state index is 12.3. The van der Waals surface area contributed by atoms with Gasteiger partial charge in [0, 0.05) is 65.1 Å². The Bertz CT molecular complexity index is 553. The van der Waals surface area contributed by atoms with E-state index < -0.39 is 0 Å². The summed E-state index contributed by atoms with van der Waals surface area (Å²) in [5, 5.41) is 6.19. The zero-order chi connectivity index (χ0) is 17.2. The molecule has 0 unspecified atom stereocenters. The van der Waals surface area contributed by atoms with Crippen LogP contribution in [0.15, 0.2) is 36.1 Å². The molecule has 2 rings (SSSR count). The smallest absolute Gasteiger partial charge is 0.225 e. The molecule has 8 nitrogen and oxygen atoms in total. The normalized spacial score (nSPS) is 15.1. The van der Waals surface area contributed by atoms with Gasteiger partial charge in [0.15, 0.2) is 5.96 Å². The molecule has 0 atom stereocenters. The Morgan fingerprint density at radius 1 is 1.29 bits per heavy atom. The molecule has 24 heavy (non-hydrogen) atoms. The fourth-order valence-corrected chi connectivity index (χ4v) is 2.45. The van der Waals surface area contributed by atoms with Gasteiger partial charge < -0.3 is 20.4 Å². The lowest BCUT2D eigenvalue weighted by Crippen LogP contribution is -2.50. The van der Waals surface area contributed by atoms with Gasteiger partial charge in [0.05, 0.1) is 0 Å². The molecule has 1 aromatic heterocycles. The van der Waals surface area contributed by atoms with Crippen molar-refractivity contribution in [3.8, 4) is 0 Å². The minimum Gasteiger partial charge on any atom is -0.356 e. The highest BCUT2D eigenvalue weighted by molar-refractivity contribution is 5.81. The van der Waals surface area contributed by atoms with Gasteiger partial charge in [-0.1, -0.05) is 6.08 Å². The van der Waals surface area contributed by atoms with E-state index in [0.29, 0.717) is 38.6 Å². The molecule has 2 heterocycles. The summed E-state index contributed by atoms with van der Waals surface area (Å²) in [5.41, 5.74) is 0. The molecular weight excluding hydrogens is 306 g/mol. The van der Waals surface area contributed by atoms with Gasteiger partial charge in [-0.15, -0.1) is 6.58 Å². The largest absolute Gasteiger partial charge is 0.356 e. The number of nitrogens with zero attached hydrogens (tertiary/aromatic N) is 5. The number of hydrogen-bond acceptors (Lipinski definition) is 5. The topological polar surface area (TPSA) is 85.8 Å². The first kappa shape index (κ1) is 17.7. The number of guanidine groups is 1. The first-order valence-corrected chi connectivity index (χ1v) is 8.09. The second-order valence-electron chi connectivity index (χ2n) is 5.34. The molecule has 1 aliphatic heterocycles. The van der Waals surface area contributed by atoms with Gasteiger partial charge in [0.1, 0.15) is 0 Å². The second-order valence-corrected chi connectivity index (χ2v) is 5.34. The summed E-state index contributed by atoms with van der Waals surface area (Å²) in [6.07, 6.45) is 5.67. The van der Waals surface area contributed by atoms with Crippen molar-refractivity contribution in [2.24, 2.45) is 4.99 Å². The van der Waals surface area contributed by atoms with Crippen LogP contribution in [0.2, 0.25) is 0 Å². The molecule has 0 aliphatic carbocycles. The number of rotatable bonds is 6. The van der Waals surface area contributed by atoms with Crippen molar-refractivity contribution in [3.63, 3.8) is 0 Å². The van der Waals surface area contributed by atoms with Crippen LogP contribution in [0.5, 0.6) is 0 Å². The van der Waals surface area contributed by atoms with Crippen LogP contribution in [0.4, 0.5) is 5.95 Å². The second kappa shape index (κ2) is 9.49. The molecule has 1 aromatic rings. The van der Waals surface area contributed by atoms with Crippen LogP contribution in [0.3, 0.4) is 0 Å². The lowest BCUT2D eigenvalue weighted by molar-refractivity contribution is -0.131. The molecule has 0 radical (unpaired) electrons. The van der Waals surface area contributed by atoms with Crippen LogP contribution >= 0.6 is 0 Å². The third kappa shape index (κ3) is 5.22. The average molecular weight is 331 g/mol. The maximum absolute atomic E-state index is 12.3. The van der Waals surface area contributed by atoms with Crippen LogP contribution < -0.4 is 15.5 Å². The van der Waals surface area contributed by atoms with Crippen LogP contribution in [0.25, 0.3) is 0 Å². The molecular formula is C16H25N7O. The Morgan fingerprint density at radius 3 is 2.62 bits per heavy atom. The van der Waals surface area contributed by atoms with Crippen molar-refractivity contribution in [2.75, 3.05) is 51.2 Å². The molecule has 0 saturated carbocycles. The average Bonchev–Trinajstić information content (AvgIpc) is 2.65. The van der Waals surface area contributed by atoms with Crippen LogP contribution in [-0.4, -0.2) is 73.1 Å². The van der Waals surface area contributed by atoms with Gasteiger partial charge in [-0.05, 0) is 6.07 Å². The Hall–Kier alpha value is -2.64. The van der Waals surface area contributed by atoms with Gasteiger partial charge in [-0.2, -0.15) is 0 Å². The van der Waals surface area contributed by atoms with E-state index in [-0.39, 0.29) is 5.91 Å². The summed E-state index contributed by atoms with van der Waals surface area (Å²) in [4.78, 5) is 28.9. The minimum absolute atomic E-state index is 0.148. The summed E-state index contributed by atoms with van der Waals surface area (Å²) < 4.78 is 0. The molecule has 0 aromatic carbocycles. The third-order valence-corrected chi connectivity index (χ3v) is 3.74. The molecule has 0 spiro atoms. The van der Waals surface area contributed by atoms with Crippen molar-refractivity contribution in [2.45, 2.75) is 6.42 Å². The standard InChI is InChI=1S/C16H25N7O/c1-3-6-18-15(17-2)19-9-5-14(24)22-10-12-23(13-11-22)16-20-7-4-8-21-16/h3-4,7-8H,1,5-6,9-13H2,2H3,(H2,17,18,19). The van der Waals surface area contributed by atoms with Gasteiger partial charge in [0.25, 0.3) is 0 Å². The predicted octanol–water partition coefficient (Wildman–Crippen LogP) is -0.134. The Labute approximate surface area is 142 Å². The van der Waals surface area contributed by atoms with Crippen molar-refractivity contribution in [1.29, 1.82) is 0 Å². The van der Waals surface area contributed by atoms with Crippen LogP contribution in [0, 0.1) is 0 Å². The van der Waals surface area contributed by atoms with E-state index in [1.807, 2.05) is 4.90 Å². The zero-order valence-electron chi connectivity index (χ0n) is 14.1. The summed E-state index contributed by atoms with van der Waals surface area (Å²) >= 11 is 0. The number of aromatic nitrogens is 2. The van der Waals surface area contributed by atoms with E-state index in [1.165, 1.54) is 0 Å². The monoisotopic (exact) mass is 331 g/mol. The highest BCUT2D eigenvalue weighted by Crippen LogP contribution is 2.10. The van der Waals surface area contributed by atoms with Crippen molar-refractivity contribution in [1.82, 2.24) is 25.5 Å². The Balaban J connectivity index is 1.70. The van der Waals surface area contributed by atoms with Crippen molar-refractivity contribution >= 4 is 17.8 Å². The number of carbonyl (C=O) groups excluding carboxylic acids is 1. The summed E-state index contributed by atoms with van der Waals surface area (Å²) in [5.74, 6) is 1.55. The number of aliphatic imine (C=N–C) groups is 1. The Morgan fingerprint density at radius 2 is 2.00 bits per heavy atom. The molecule has 1 saturated heterocycles. The minimum atomic E-state index is 0.148. The van der Waals surface area contributed by atoms with E-state index in [0.717, 1.165) is 19.0 Å². The number of piperazine rings is 1. The molecule has 1 fully saturated rings. The van der Waals surface area contributed by atoms with Gasteiger partial charge in [-0.25, -0.2) is 9.97 Å². The highest BCUT2D eigenvalue weighted by atomic mass is 16.2. The van der Waals surface area contributed by atoms with Crippen molar-refractivity contribution < 1.29 is 4.79 Å². The van der Waals surface area contributed by atoms with Crippen molar-refractivity contribution in [3.05, 3.63) is 31.1 Å². The molecule has 2 N–H and O–H groups in total. The lowest BCUT2D eigenvalue weighted by atomic mass is 10.3. The van der Waals surface area contributed by atoms with E-state index in [4.69, 9.17) is 0 Å². The quantitative estimate of drug-likeness (QED) is 0.429. The van der Waals surface area contributed by atoms with Crippen LogP contribution in [-0.2, 0) is 4.79 Å². The SMILES string of the molecule is C=CCNC(=NC)NCCC(=O)N1CCN(c2ncccn2)CC1. The Kier molecular flexibility index (Phi) is 7.00. The highest BCUT2D eigenvalue weighted by Gasteiger charge is 2.21. The van der Waals surface area contributed by atoms with Gasteiger partial charge in [-0.3, -0.25) is 9.79 Å². The number of carbonyl (C=O) groups is 1. The molecule has 130 valence electrons. The lowest BCUT2D eigenvalue weighted by Gasteiger charge is -2.34. The van der Waals surface area contributed by atoms with Gasteiger partial charge in [0.2, 0.25) is 11.9 Å². The first-order valence-electron chi connectivity index (χ1n) is 8.09. The molecule has 1 amide bonds. The summed E-state index contributed by atoms with van der Waals surface area (Å²) in [6, 6.07) is 1.80. The zero-order valence-corrected chi connectivity index (χ0v) is 14.1. The molecule has 0 bridgehead atoms. The fourth-order valence-electron chi connectivity index (χ4n) is 2.45. The van der Waals surface area contributed by atoms with E-state index in [2.05, 4.69) is 37.1 Å². The third-order valence-electron chi connectivity index (χ3n) is 3.74. The number of amides is 1. The predicted molar refractivity (Wildman–Crippen MR) is 95.0 cm³/mol. The molecule has 1 aliphatic rings. The van der Waals surface area contributed by atoms with Gasteiger partial charge >= 0.3 is 0 Å². The maximum Gasteiger partial charge on any atom is 0.225 e. The number of nitrogens with one attached hydrogen (secondary N) is 2. The summed E-state index contributed by atoms with van der Waals surface area (Å²) in [6.45, 7) is 7.74. The van der Waals surface area contributed by atoms with Crippen LogP contribution in [0.1, 0.15) is 6.42 Å². The van der Waals surface area contributed by atoms with E-state index in [1.54, 1.807) is 31.6 Å². The number of hydrogen-bond donors (Lipinski definition) is 2. The summed E-state index contributed by atoms with van der Waals surface area (Å²) in [7, 11) is 1.70. The van der Waals surface area contributed by atoms with E-state index in [9.17, 15) is 4.79 Å². The number of anilines is 1. The molecule has 8 heteroatoms. The van der Waals surface area contributed by atoms with E-state index >= 15 is 0 Å².